The summed E-state index contributed by atoms with van der Waals surface area (Å²) >= 11 is 0. The summed E-state index contributed by atoms with van der Waals surface area (Å²) in [5.74, 6) is -0.0136. The number of H-pyrrole nitrogens is 1. The number of carbonyl (C=O) groups is 1. The number of hydrogen-bond donors (Lipinski definition) is 2. The third-order valence-corrected chi connectivity index (χ3v) is 4.71. The van der Waals surface area contributed by atoms with Crippen molar-refractivity contribution in [1.82, 2.24) is 10.3 Å². The molecular formula is C21H22N2O3. The van der Waals surface area contributed by atoms with E-state index in [1.165, 1.54) is 0 Å². The van der Waals surface area contributed by atoms with Crippen molar-refractivity contribution >= 4 is 16.8 Å². The number of nitrogens with one attached hydrogen (secondary N) is 2. The Labute approximate surface area is 152 Å². The van der Waals surface area contributed by atoms with Crippen LogP contribution in [0.4, 0.5) is 0 Å². The van der Waals surface area contributed by atoms with Crippen LogP contribution in [-0.2, 0) is 16.0 Å². The first-order valence-electron chi connectivity index (χ1n) is 8.98. The van der Waals surface area contributed by atoms with Gasteiger partial charge in [0.2, 0.25) is 0 Å². The van der Waals surface area contributed by atoms with Crippen LogP contribution >= 0.6 is 0 Å². The Bertz CT molecular complexity index is 938. The third-order valence-electron chi connectivity index (χ3n) is 4.71. The van der Waals surface area contributed by atoms with E-state index in [9.17, 15) is 4.79 Å². The van der Waals surface area contributed by atoms with Crippen LogP contribution in [0.5, 0.6) is 0 Å². The number of hydrogen-bond acceptors (Lipinski definition) is 3. The molecule has 0 fully saturated rings. The SMILES string of the molecule is CCOC(OCC)c1ccc(-c2[nH]c3cccc4c3c2CNC4=O)cc1. The monoisotopic (exact) mass is 350 g/mol. The molecule has 1 aromatic heterocycles. The topological polar surface area (TPSA) is 63.4 Å². The fraction of sp³-hybridized carbons (Fsp3) is 0.286. The van der Waals surface area contributed by atoms with E-state index in [1.54, 1.807) is 0 Å². The highest BCUT2D eigenvalue weighted by Crippen LogP contribution is 2.35. The maximum Gasteiger partial charge on any atom is 0.252 e. The van der Waals surface area contributed by atoms with E-state index in [0.29, 0.717) is 19.8 Å². The normalized spacial score (nSPS) is 13.4. The van der Waals surface area contributed by atoms with Crippen LogP contribution in [-0.4, -0.2) is 24.1 Å². The first-order valence-corrected chi connectivity index (χ1v) is 8.98. The lowest BCUT2D eigenvalue weighted by Crippen LogP contribution is -2.26. The van der Waals surface area contributed by atoms with E-state index >= 15 is 0 Å². The Morgan fingerprint density at radius 2 is 1.77 bits per heavy atom. The van der Waals surface area contributed by atoms with Crippen molar-refractivity contribution in [1.29, 1.82) is 0 Å². The molecule has 2 N–H and O–H groups in total. The molecule has 0 spiro atoms. The minimum absolute atomic E-state index is 0.0136. The summed E-state index contributed by atoms with van der Waals surface area (Å²) in [5, 5.41) is 3.98. The molecule has 0 aliphatic carbocycles. The van der Waals surface area contributed by atoms with Gasteiger partial charge in [0, 0.05) is 47.4 Å². The molecule has 0 unspecified atom stereocenters. The molecule has 1 aliphatic rings. The van der Waals surface area contributed by atoms with Gasteiger partial charge in [0.15, 0.2) is 6.29 Å². The van der Waals surface area contributed by atoms with Crippen LogP contribution < -0.4 is 5.32 Å². The van der Waals surface area contributed by atoms with Crippen molar-refractivity contribution in [3.05, 3.63) is 59.2 Å². The molecule has 0 radical (unpaired) electrons. The van der Waals surface area contributed by atoms with Gasteiger partial charge in [0.1, 0.15) is 0 Å². The number of aromatic nitrogens is 1. The standard InChI is InChI=1S/C21H22N2O3/c1-3-25-21(26-4-2)14-10-8-13(9-11-14)19-16-12-22-20(24)15-6-5-7-17(23-19)18(15)16/h5-11,21,23H,3-4,12H2,1-2H3,(H,22,24). The van der Waals surface area contributed by atoms with Gasteiger partial charge in [0.05, 0.1) is 5.69 Å². The Balaban J connectivity index is 1.74. The van der Waals surface area contributed by atoms with Crippen LogP contribution in [0.1, 0.15) is 41.6 Å². The molecule has 0 bridgehead atoms. The number of carbonyl (C=O) groups excluding carboxylic acids is 1. The Hall–Kier alpha value is -2.63. The summed E-state index contributed by atoms with van der Waals surface area (Å²) < 4.78 is 11.3. The predicted molar refractivity (Wildman–Crippen MR) is 101 cm³/mol. The van der Waals surface area contributed by atoms with Gasteiger partial charge < -0.3 is 19.8 Å². The molecule has 5 heteroatoms. The summed E-state index contributed by atoms with van der Waals surface area (Å²) in [5.41, 5.74) is 5.98. The Kier molecular flexibility index (Phi) is 4.49. The zero-order chi connectivity index (χ0) is 18.1. The fourth-order valence-electron chi connectivity index (χ4n) is 3.54. The molecule has 5 nitrogen and oxygen atoms in total. The number of amides is 1. The Morgan fingerprint density at radius 3 is 2.46 bits per heavy atom. The molecule has 4 rings (SSSR count). The lowest BCUT2D eigenvalue weighted by Gasteiger charge is -2.18. The summed E-state index contributed by atoms with van der Waals surface area (Å²) in [6, 6.07) is 14.0. The van der Waals surface area contributed by atoms with Gasteiger partial charge in [-0.25, -0.2) is 0 Å². The first kappa shape index (κ1) is 16.8. The molecular weight excluding hydrogens is 328 g/mol. The second kappa shape index (κ2) is 6.94. The van der Waals surface area contributed by atoms with Gasteiger partial charge >= 0.3 is 0 Å². The summed E-state index contributed by atoms with van der Waals surface area (Å²) in [4.78, 5) is 15.6. The fourth-order valence-corrected chi connectivity index (χ4v) is 3.54. The number of aromatic amines is 1. The van der Waals surface area contributed by atoms with Crippen LogP contribution in [0.3, 0.4) is 0 Å². The minimum Gasteiger partial charge on any atom is -0.354 e. The number of ether oxygens (including phenoxy) is 2. The molecule has 0 saturated carbocycles. The highest BCUT2D eigenvalue weighted by Gasteiger charge is 2.23. The van der Waals surface area contributed by atoms with Crippen LogP contribution in [0.25, 0.3) is 22.2 Å². The molecule has 2 aromatic carbocycles. The van der Waals surface area contributed by atoms with Gasteiger partial charge in [-0.3, -0.25) is 4.79 Å². The molecule has 3 aromatic rings. The molecule has 26 heavy (non-hydrogen) atoms. The largest absolute Gasteiger partial charge is 0.354 e. The maximum atomic E-state index is 12.1. The van der Waals surface area contributed by atoms with E-state index in [1.807, 2.05) is 44.2 Å². The van der Waals surface area contributed by atoms with Crippen molar-refractivity contribution in [2.24, 2.45) is 0 Å². The smallest absolute Gasteiger partial charge is 0.252 e. The molecule has 0 atom stereocenters. The second-order valence-corrected chi connectivity index (χ2v) is 6.25. The minimum atomic E-state index is -0.342. The summed E-state index contributed by atoms with van der Waals surface area (Å²) in [7, 11) is 0. The lowest BCUT2D eigenvalue weighted by molar-refractivity contribution is -0.140. The van der Waals surface area contributed by atoms with E-state index in [2.05, 4.69) is 22.4 Å². The van der Waals surface area contributed by atoms with Crippen LogP contribution in [0, 0.1) is 0 Å². The first-order chi connectivity index (χ1) is 12.7. The Morgan fingerprint density at radius 1 is 1.04 bits per heavy atom. The van der Waals surface area contributed by atoms with E-state index in [-0.39, 0.29) is 12.2 Å². The zero-order valence-corrected chi connectivity index (χ0v) is 15.0. The van der Waals surface area contributed by atoms with Crippen LogP contribution in [0.15, 0.2) is 42.5 Å². The predicted octanol–water partition coefficient (Wildman–Crippen LogP) is 4.15. The molecule has 2 heterocycles. The van der Waals surface area contributed by atoms with Gasteiger partial charge in [-0.1, -0.05) is 30.3 Å². The quantitative estimate of drug-likeness (QED) is 0.657. The molecule has 0 saturated heterocycles. The average molecular weight is 350 g/mol. The van der Waals surface area contributed by atoms with Gasteiger partial charge in [-0.2, -0.15) is 0 Å². The zero-order valence-electron chi connectivity index (χ0n) is 15.0. The molecule has 134 valence electrons. The van der Waals surface area contributed by atoms with Crippen molar-refractivity contribution in [3.63, 3.8) is 0 Å². The second-order valence-electron chi connectivity index (χ2n) is 6.25. The summed E-state index contributed by atoms with van der Waals surface area (Å²) in [6.07, 6.45) is -0.342. The average Bonchev–Trinajstić information content (AvgIpc) is 3.05. The highest BCUT2D eigenvalue weighted by molar-refractivity contribution is 6.11. The summed E-state index contributed by atoms with van der Waals surface area (Å²) in [6.45, 7) is 5.65. The van der Waals surface area contributed by atoms with Crippen molar-refractivity contribution < 1.29 is 14.3 Å². The highest BCUT2D eigenvalue weighted by atomic mass is 16.7. The van der Waals surface area contributed by atoms with Crippen molar-refractivity contribution in [2.75, 3.05) is 13.2 Å². The van der Waals surface area contributed by atoms with Gasteiger partial charge in [0.25, 0.3) is 5.91 Å². The van der Waals surface area contributed by atoms with Crippen molar-refractivity contribution in [3.8, 4) is 11.3 Å². The number of benzene rings is 2. The van der Waals surface area contributed by atoms with E-state index < -0.39 is 0 Å². The van der Waals surface area contributed by atoms with Crippen LogP contribution in [0.2, 0.25) is 0 Å². The lowest BCUT2D eigenvalue weighted by atomic mass is 9.98. The maximum absolute atomic E-state index is 12.1. The molecule has 1 amide bonds. The van der Waals surface area contributed by atoms with Gasteiger partial charge in [-0.15, -0.1) is 0 Å². The van der Waals surface area contributed by atoms with E-state index in [4.69, 9.17) is 9.47 Å². The number of rotatable bonds is 6. The van der Waals surface area contributed by atoms with E-state index in [0.717, 1.165) is 38.9 Å². The van der Waals surface area contributed by atoms with Gasteiger partial charge in [-0.05, 0) is 31.5 Å². The van der Waals surface area contributed by atoms with Crippen molar-refractivity contribution in [2.45, 2.75) is 26.7 Å². The third kappa shape index (κ3) is 2.79. The molecule has 1 aliphatic heterocycles.